The number of rotatable bonds is 7. The molecule has 0 unspecified atom stereocenters. The number of fused-ring (bicyclic) bond motifs is 1. The van der Waals surface area contributed by atoms with Gasteiger partial charge in [0.25, 0.3) is 0 Å². The van der Waals surface area contributed by atoms with Crippen molar-refractivity contribution in [2.45, 2.75) is 26.7 Å². The van der Waals surface area contributed by atoms with Gasteiger partial charge in [0.1, 0.15) is 5.75 Å². The van der Waals surface area contributed by atoms with Gasteiger partial charge in [-0.3, -0.25) is 0 Å². The highest BCUT2D eigenvalue weighted by molar-refractivity contribution is 6.02. The van der Waals surface area contributed by atoms with E-state index in [1.165, 1.54) is 39.0 Å². The molecule has 0 spiro atoms. The highest BCUT2D eigenvalue weighted by atomic mass is 16.5. The second kappa shape index (κ2) is 16.3. The first-order chi connectivity index (χ1) is 26.2. The van der Waals surface area contributed by atoms with Crippen molar-refractivity contribution in [1.29, 1.82) is 0 Å². The van der Waals surface area contributed by atoms with Crippen molar-refractivity contribution >= 4 is 27.9 Å². The minimum absolute atomic E-state index is 0.755. The molecule has 1 heterocycles. The average molecular weight is 685 g/mol. The second-order valence-electron chi connectivity index (χ2n) is 12.9. The summed E-state index contributed by atoms with van der Waals surface area (Å²) in [5, 5.41) is 0. The van der Waals surface area contributed by atoms with Gasteiger partial charge in [0.15, 0.2) is 0 Å². The molecule has 5 aromatic carbocycles. The number of hydrogen-bond donors (Lipinski definition) is 0. The lowest BCUT2D eigenvalue weighted by molar-refractivity contribution is 0.481. The van der Waals surface area contributed by atoms with E-state index >= 15 is 0 Å². The molecule has 0 saturated carbocycles. The van der Waals surface area contributed by atoms with Crippen molar-refractivity contribution in [2.75, 3.05) is 0 Å². The van der Waals surface area contributed by atoms with Crippen LogP contribution >= 0.6 is 0 Å². The predicted octanol–water partition coefficient (Wildman–Crippen LogP) is 14.1. The van der Waals surface area contributed by atoms with Crippen LogP contribution in [0.15, 0.2) is 201 Å². The summed E-state index contributed by atoms with van der Waals surface area (Å²) in [5.41, 5.74) is 16.7. The highest BCUT2D eigenvalue weighted by Crippen LogP contribution is 2.46. The zero-order valence-corrected chi connectivity index (χ0v) is 30.6. The molecule has 2 aliphatic carbocycles. The lowest BCUT2D eigenvalue weighted by atomic mass is 9.78. The zero-order valence-electron chi connectivity index (χ0n) is 30.6. The molecule has 3 aliphatic rings. The van der Waals surface area contributed by atoms with Gasteiger partial charge in [-0.1, -0.05) is 197 Å². The van der Waals surface area contributed by atoms with Crippen LogP contribution < -0.4 is 4.74 Å². The molecule has 53 heavy (non-hydrogen) atoms. The monoisotopic (exact) mass is 684 g/mol. The van der Waals surface area contributed by atoms with E-state index in [2.05, 4.69) is 152 Å². The van der Waals surface area contributed by atoms with Crippen LogP contribution in [0.1, 0.15) is 65.6 Å². The maximum atomic E-state index is 6.42. The van der Waals surface area contributed by atoms with Gasteiger partial charge < -0.3 is 4.74 Å². The summed E-state index contributed by atoms with van der Waals surface area (Å²) in [6.07, 6.45) is 23.2. The van der Waals surface area contributed by atoms with Crippen molar-refractivity contribution < 1.29 is 4.74 Å². The first kappa shape index (κ1) is 35.0. The average Bonchev–Trinajstić information content (AvgIpc) is 3.77. The van der Waals surface area contributed by atoms with Gasteiger partial charge in [0, 0.05) is 11.1 Å². The zero-order chi connectivity index (χ0) is 36.6. The molecule has 0 N–H and O–H groups in total. The number of hydrogen-bond acceptors (Lipinski definition) is 1. The fourth-order valence-electron chi connectivity index (χ4n) is 7.32. The van der Waals surface area contributed by atoms with Crippen LogP contribution in [0.4, 0.5) is 0 Å². The van der Waals surface area contributed by atoms with E-state index in [1.807, 2.05) is 50.4 Å². The molecule has 0 fully saturated rings. The Morgan fingerprint density at radius 2 is 1.25 bits per heavy atom. The molecule has 0 radical (unpaired) electrons. The highest BCUT2D eigenvalue weighted by Gasteiger charge is 2.25. The van der Waals surface area contributed by atoms with Crippen molar-refractivity contribution in [2.24, 2.45) is 0 Å². The van der Waals surface area contributed by atoms with Gasteiger partial charge in [-0.15, -0.1) is 0 Å². The van der Waals surface area contributed by atoms with E-state index in [1.54, 1.807) is 0 Å². The predicted molar refractivity (Wildman–Crippen MR) is 228 cm³/mol. The lowest BCUT2D eigenvalue weighted by Gasteiger charge is -2.25. The van der Waals surface area contributed by atoms with Crippen LogP contribution in [0.3, 0.4) is 0 Å². The minimum atomic E-state index is 0.755. The Labute approximate surface area is 315 Å². The maximum Gasteiger partial charge on any atom is 0.134 e. The normalized spacial score (nSPS) is 16.8. The minimum Gasteiger partial charge on any atom is -0.464 e. The fraction of sp³-hybridized carbons (Fsp3) is 0.0769. The van der Waals surface area contributed by atoms with Crippen LogP contribution in [0.25, 0.3) is 39.0 Å². The third-order valence-corrected chi connectivity index (χ3v) is 9.80. The molecule has 0 aromatic heterocycles. The van der Waals surface area contributed by atoms with Gasteiger partial charge in [-0.2, -0.15) is 0 Å². The molecule has 0 atom stereocenters. The topological polar surface area (TPSA) is 9.23 Å². The Bertz CT molecular complexity index is 2390. The third kappa shape index (κ3) is 7.20. The van der Waals surface area contributed by atoms with Crippen LogP contribution in [0.5, 0.6) is 5.75 Å². The summed E-state index contributed by atoms with van der Waals surface area (Å²) in [6, 6.07) is 42.7. The molecule has 1 heteroatoms. The SMILES string of the molecule is C=C(c1ccccc1/C(=C1/C=CC=CC1)c1c(C2=CC=CC2)cccc1-c1ccccc1)c1cccc2c1C(=C)/C=C\C(c1ccccc1)=C/O2.CC. The summed E-state index contributed by atoms with van der Waals surface area (Å²) in [5.74, 6) is 0.755. The number of ether oxygens (including phenoxy) is 1. The first-order valence-corrected chi connectivity index (χ1v) is 18.5. The quantitative estimate of drug-likeness (QED) is 0.166. The largest absolute Gasteiger partial charge is 0.464 e. The molecule has 0 saturated heterocycles. The smallest absolute Gasteiger partial charge is 0.134 e. The Hall–Kier alpha value is -6.44. The van der Waals surface area contributed by atoms with Crippen LogP contribution in [-0.2, 0) is 0 Å². The lowest BCUT2D eigenvalue weighted by Crippen LogP contribution is -2.05. The van der Waals surface area contributed by atoms with Crippen LogP contribution in [0, 0.1) is 0 Å². The molecule has 5 aromatic rings. The Kier molecular flexibility index (Phi) is 10.7. The summed E-state index contributed by atoms with van der Waals surface area (Å²) in [6.45, 7) is 13.3. The van der Waals surface area contributed by atoms with Crippen LogP contribution in [-0.4, -0.2) is 0 Å². The molecule has 258 valence electrons. The first-order valence-electron chi connectivity index (χ1n) is 18.5. The van der Waals surface area contributed by atoms with Gasteiger partial charge in [0.2, 0.25) is 0 Å². The molecule has 0 amide bonds. The number of benzene rings is 5. The molecular weight excluding hydrogens is 641 g/mol. The molecule has 1 nitrogen and oxygen atoms in total. The van der Waals surface area contributed by atoms with E-state index in [-0.39, 0.29) is 0 Å². The van der Waals surface area contributed by atoms with Crippen LogP contribution in [0.2, 0.25) is 0 Å². The van der Waals surface area contributed by atoms with E-state index in [4.69, 9.17) is 11.3 Å². The van der Waals surface area contributed by atoms with Crippen molar-refractivity contribution in [3.05, 3.63) is 240 Å². The Morgan fingerprint density at radius 3 is 1.96 bits per heavy atom. The standard InChI is InChI=1S/C50H38O.C2H6/c1-35-32-33-41(37-18-6-3-7-19-37)34-51-47-31-17-28-43(48(35)47)36(2)42-26-14-15-27-46(42)49(40-24-10-5-11-25-40)50-44(38-20-8-4-9-21-38)29-16-30-45(50)39-22-12-13-23-39;1-2/h3-22,24,26-34H,1-2,23,25H2;1-2H3/b33-32-,41-34+,49-40+;. The van der Waals surface area contributed by atoms with Crippen molar-refractivity contribution in [3.8, 4) is 16.9 Å². The molecule has 8 rings (SSSR count). The van der Waals surface area contributed by atoms with E-state index in [0.29, 0.717) is 0 Å². The maximum absolute atomic E-state index is 6.42. The van der Waals surface area contributed by atoms with Crippen molar-refractivity contribution in [3.63, 3.8) is 0 Å². The summed E-state index contributed by atoms with van der Waals surface area (Å²) in [7, 11) is 0. The molecule has 0 bridgehead atoms. The van der Waals surface area contributed by atoms with E-state index in [0.717, 1.165) is 63.1 Å². The van der Waals surface area contributed by atoms with Gasteiger partial charge in [0.05, 0.1) is 6.26 Å². The summed E-state index contributed by atoms with van der Waals surface area (Å²) in [4.78, 5) is 0. The Balaban J connectivity index is 0.00000214. The van der Waals surface area contributed by atoms with Gasteiger partial charge >= 0.3 is 0 Å². The van der Waals surface area contributed by atoms with Crippen molar-refractivity contribution in [1.82, 2.24) is 0 Å². The molecular formula is C52H44O. The summed E-state index contributed by atoms with van der Waals surface area (Å²) < 4.78 is 6.42. The van der Waals surface area contributed by atoms with Gasteiger partial charge in [-0.05, 0) is 91.3 Å². The second-order valence-corrected chi connectivity index (χ2v) is 12.9. The fourth-order valence-corrected chi connectivity index (χ4v) is 7.32. The van der Waals surface area contributed by atoms with Gasteiger partial charge in [-0.25, -0.2) is 0 Å². The van der Waals surface area contributed by atoms with E-state index < -0.39 is 0 Å². The molecule has 1 aliphatic heterocycles. The van der Waals surface area contributed by atoms with E-state index in [9.17, 15) is 0 Å². The summed E-state index contributed by atoms with van der Waals surface area (Å²) >= 11 is 0. The third-order valence-electron chi connectivity index (χ3n) is 9.80. The Morgan fingerprint density at radius 1 is 0.585 bits per heavy atom. The number of allylic oxidation sites excluding steroid dienone is 13.